The molecular weight excluding hydrogens is 292 g/mol. The minimum Gasteiger partial charge on any atom is -0.481 e. The molecule has 0 bridgehead atoms. The fourth-order valence-electron chi connectivity index (χ4n) is 3.61. The minimum absolute atomic E-state index is 0.00997. The molecular formula is C18H18N2O3. The number of fused-ring (bicyclic) bond motifs is 2. The molecule has 1 aliphatic carbocycles. The zero-order chi connectivity index (χ0) is 15.8. The third-order valence-electron chi connectivity index (χ3n) is 4.66. The van der Waals surface area contributed by atoms with E-state index in [9.17, 15) is 9.90 Å². The quantitative estimate of drug-likeness (QED) is 0.908. The van der Waals surface area contributed by atoms with Gasteiger partial charge in [-0.05, 0) is 36.1 Å². The van der Waals surface area contributed by atoms with E-state index >= 15 is 0 Å². The Labute approximate surface area is 134 Å². The van der Waals surface area contributed by atoms with Crippen LogP contribution in [0.3, 0.4) is 0 Å². The van der Waals surface area contributed by atoms with Gasteiger partial charge in [0.1, 0.15) is 5.75 Å². The molecule has 5 heteroatoms. The zero-order valence-corrected chi connectivity index (χ0v) is 12.6. The van der Waals surface area contributed by atoms with Crippen LogP contribution in [-0.2, 0) is 11.2 Å². The molecule has 2 aromatic rings. The van der Waals surface area contributed by atoms with Crippen molar-refractivity contribution in [2.45, 2.75) is 37.5 Å². The monoisotopic (exact) mass is 310 g/mol. The highest BCUT2D eigenvalue weighted by atomic mass is 16.5. The number of pyridine rings is 1. The highest BCUT2D eigenvalue weighted by Gasteiger charge is 2.39. The number of aliphatic carboxylic acids is 1. The summed E-state index contributed by atoms with van der Waals surface area (Å²) in [5.41, 5.74) is 3.38. The van der Waals surface area contributed by atoms with Crippen LogP contribution in [0.15, 0.2) is 42.6 Å². The van der Waals surface area contributed by atoms with Crippen molar-refractivity contribution in [1.29, 1.82) is 0 Å². The number of carboxylic acid groups (broad SMARTS) is 1. The van der Waals surface area contributed by atoms with Gasteiger partial charge in [-0.2, -0.15) is 0 Å². The molecule has 0 saturated carbocycles. The molecule has 3 unspecified atom stereocenters. The molecule has 2 heterocycles. The topological polar surface area (TPSA) is 71.5 Å². The Hall–Kier alpha value is -2.40. The molecule has 1 aliphatic heterocycles. The first-order chi connectivity index (χ1) is 11.2. The summed E-state index contributed by atoms with van der Waals surface area (Å²) < 4.78 is 5.96. The third kappa shape index (κ3) is 2.57. The van der Waals surface area contributed by atoms with E-state index in [1.54, 1.807) is 6.20 Å². The highest BCUT2D eigenvalue weighted by molar-refractivity contribution is 5.68. The van der Waals surface area contributed by atoms with E-state index in [1.807, 2.05) is 18.2 Å². The first kappa shape index (κ1) is 14.2. The maximum Gasteiger partial charge on any atom is 0.304 e. The average Bonchev–Trinajstić information content (AvgIpc) is 3.10. The lowest BCUT2D eigenvalue weighted by Crippen LogP contribution is -2.39. The smallest absolute Gasteiger partial charge is 0.304 e. The number of aromatic nitrogens is 1. The van der Waals surface area contributed by atoms with Crippen LogP contribution in [0.5, 0.6) is 5.75 Å². The minimum atomic E-state index is -0.837. The number of hydrogen-bond donors (Lipinski definition) is 2. The number of carboxylic acids is 1. The number of ether oxygens (including phenoxy) is 1. The Morgan fingerprint density at radius 2 is 2.17 bits per heavy atom. The van der Waals surface area contributed by atoms with Gasteiger partial charge in [0.15, 0.2) is 6.23 Å². The van der Waals surface area contributed by atoms with Crippen molar-refractivity contribution < 1.29 is 14.6 Å². The van der Waals surface area contributed by atoms with Gasteiger partial charge in [-0.15, -0.1) is 0 Å². The number of carbonyl (C=O) groups is 1. The van der Waals surface area contributed by atoms with Crippen LogP contribution < -0.4 is 10.1 Å². The summed E-state index contributed by atoms with van der Waals surface area (Å²) in [7, 11) is 0. The largest absolute Gasteiger partial charge is 0.481 e. The molecule has 1 aromatic heterocycles. The van der Waals surface area contributed by atoms with Crippen LogP contribution in [0, 0.1) is 0 Å². The van der Waals surface area contributed by atoms with Gasteiger partial charge in [0.25, 0.3) is 0 Å². The van der Waals surface area contributed by atoms with Crippen molar-refractivity contribution in [3.63, 3.8) is 0 Å². The van der Waals surface area contributed by atoms with Crippen LogP contribution >= 0.6 is 0 Å². The van der Waals surface area contributed by atoms with Gasteiger partial charge >= 0.3 is 5.97 Å². The molecule has 4 rings (SSSR count). The van der Waals surface area contributed by atoms with Crippen LogP contribution in [0.4, 0.5) is 0 Å². The summed E-state index contributed by atoms with van der Waals surface area (Å²) in [5, 5.41) is 12.7. The Morgan fingerprint density at radius 1 is 1.30 bits per heavy atom. The molecule has 0 fully saturated rings. The van der Waals surface area contributed by atoms with Crippen molar-refractivity contribution in [3.05, 3.63) is 59.4 Å². The Kier molecular flexibility index (Phi) is 3.50. The zero-order valence-electron chi connectivity index (χ0n) is 12.6. The summed E-state index contributed by atoms with van der Waals surface area (Å²) in [6.45, 7) is 0. The number of hydrogen-bond acceptors (Lipinski definition) is 4. The molecule has 118 valence electrons. The molecule has 2 aliphatic rings. The van der Waals surface area contributed by atoms with E-state index in [1.165, 1.54) is 11.1 Å². The normalized spacial score (nSPS) is 24.8. The van der Waals surface area contributed by atoms with Gasteiger partial charge in [-0.1, -0.05) is 24.3 Å². The van der Waals surface area contributed by atoms with Crippen molar-refractivity contribution in [1.82, 2.24) is 10.3 Å². The first-order valence-electron chi connectivity index (χ1n) is 7.89. The van der Waals surface area contributed by atoms with Gasteiger partial charge in [-0.3, -0.25) is 15.1 Å². The number of aryl methyl sites for hydroxylation is 1. The Balaban J connectivity index is 1.58. The lowest BCUT2D eigenvalue weighted by Gasteiger charge is -2.23. The fourth-order valence-corrected chi connectivity index (χ4v) is 3.61. The molecule has 23 heavy (non-hydrogen) atoms. The summed E-state index contributed by atoms with van der Waals surface area (Å²) in [5.74, 6) is -0.422. The molecule has 5 nitrogen and oxygen atoms in total. The van der Waals surface area contributed by atoms with Gasteiger partial charge < -0.3 is 9.84 Å². The van der Waals surface area contributed by atoms with Crippen molar-refractivity contribution in [3.8, 4) is 5.75 Å². The van der Waals surface area contributed by atoms with E-state index in [-0.39, 0.29) is 24.6 Å². The maximum absolute atomic E-state index is 11.2. The second-order valence-electron chi connectivity index (χ2n) is 6.09. The molecule has 3 atom stereocenters. The van der Waals surface area contributed by atoms with E-state index < -0.39 is 5.97 Å². The van der Waals surface area contributed by atoms with Crippen molar-refractivity contribution >= 4 is 5.97 Å². The van der Waals surface area contributed by atoms with E-state index in [4.69, 9.17) is 4.74 Å². The molecule has 1 aromatic carbocycles. The van der Waals surface area contributed by atoms with E-state index in [0.29, 0.717) is 5.75 Å². The Morgan fingerprint density at radius 3 is 3.04 bits per heavy atom. The molecule has 0 amide bonds. The fraction of sp³-hybridized carbons (Fsp3) is 0.333. The lowest BCUT2D eigenvalue weighted by molar-refractivity contribution is -0.138. The predicted molar refractivity (Wildman–Crippen MR) is 84.3 cm³/mol. The van der Waals surface area contributed by atoms with E-state index in [2.05, 4.69) is 28.5 Å². The lowest BCUT2D eigenvalue weighted by atomic mass is 9.99. The van der Waals surface area contributed by atoms with Gasteiger partial charge in [0.2, 0.25) is 0 Å². The second kappa shape index (κ2) is 5.66. The molecule has 0 spiro atoms. The van der Waals surface area contributed by atoms with Gasteiger partial charge in [0, 0.05) is 12.2 Å². The summed E-state index contributed by atoms with van der Waals surface area (Å²) in [6.07, 6.45) is 3.38. The van der Waals surface area contributed by atoms with Crippen LogP contribution in [0.2, 0.25) is 0 Å². The van der Waals surface area contributed by atoms with Gasteiger partial charge in [-0.25, -0.2) is 0 Å². The Bertz CT molecular complexity index is 747. The van der Waals surface area contributed by atoms with Crippen LogP contribution in [-0.4, -0.2) is 22.3 Å². The predicted octanol–water partition coefficient (Wildman–Crippen LogP) is 2.64. The molecule has 2 N–H and O–H groups in total. The number of nitrogens with zero attached hydrogens (tertiary/aromatic N) is 1. The second-order valence-corrected chi connectivity index (χ2v) is 6.09. The van der Waals surface area contributed by atoms with Crippen molar-refractivity contribution in [2.24, 2.45) is 0 Å². The summed E-state index contributed by atoms with van der Waals surface area (Å²) in [4.78, 5) is 15.6. The van der Waals surface area contributed by atoms with Crippen LogP contribution in [0.1, 0.15) is 41.6 Å². The average molecular weight is 310 g/mol. The van der Waals surface area contributed by atoms with Crippen molar-refractivity contribution in [2.75, 3.05) is 0 Å². The third-order valence-corrected chi connectivity index (χ3v) is 4.66. The maximum atomic E-state index is 11.2. The van der Waals surface area contributed by atoms with E-state index in [0.717, 1.165) is 18.5 Å². The SMILES string of the molecule is O=C(O)CC1c2ncccc2OC1NC1CCc2ccccc21. The molecule has 0 radical (unpaired) electrons. The standard InChI is InChI=1S/C18H18N2O3/c21-16(22)10-13-17-15(6-3-9-19-17)23-18(13)20-14-8-7-11-4-1-2-5-12(11)14/h1-6,9,13-14,18,20H,7-8,10H2,(H,21,22). The number of rotatable bonds is 4. The van der Waals surface area contributed by atoms with Crippen LogP contribution in [0.25, 0.3) is 0 Å². The first-order valence-corrected chi connectivity index (χ1v) is 7.89. The number of benzene rings is 1. The van der Waals surface area contributed by atoms with Gasteiger partial charge in [0.05, 0.1) is 18.0 Å². The molecule has 0 saturated heterocycles. The summed E-state index contributed by atoms with van der Waals surface area (Å²) >= 11 is 0. The highest BCUT2D eigenvalue weighted by Crippen LogP contribution is 2.40. The summed E-state index contributed by atoms with van der Waals surface area (Å²) in [6, 6.07) is 12.2. The number of nitrogens with one attached hydrogen (secondary N) is 1.